The van der Waals surface area contributed by atoms with Crippen molar-refractivity contribution in [1.82, 2.24) is 15.5 Å². The van der Waals surface area contributed by atoms with E-state index in [2.05, 4.69) is 51.8 Å². The Balaban J connectivity index is 0.00000338. The van der Waals surface area contributed by atoms with Gasteiger partial charge in [-0.2, -0.15) is 0 Å². The third kappa shape index (κ3) is 7.80. The van der Waals surface area contributed by atoms with Crippen molar-refractivity contribution in [2.24, 2.45) is 4.99 Å². The number of benzene rings is 1. The van der Waals surface area contributed by atoms with E-state index in [0.29, 0.717) is 6.61 Å². The molecule has 26 heavy (non-hydrogen) atoms. The van der Waals surface area contributed by atoms with Crippen molar-refractivity contribution in [2.75, 3.05) is 34.4 Å². The van der Waals surface area contributed by atoms with Crippen molar-refractivity contribution in [2.45, 2.75) is 51.2 Å². The number of aliphatic imine (C=N–C) groups is 1. The largest absolute Gasteiger partial charge is 0.383 e. The van der Waals surface area contributed by atoms with E-state index >= 15 is 0 Å². The average molecular weight is 474 g/mol. The molecule has 6 heteroatoms. The topological polar surface area (TPSA) is 48.9 Å². The van der Waals surface area contributed by atoms with E-state index in [0.717, 1.165) is 31.6 Å². The zero-order valence-electron chi connectivity index (χ0n) is 16.5. The van der Waals surface area contributed by atoms with Crippen LogP contribution in [0.15, 0.2) is 29.3 Å². The molecule has 2 rings (SSSR count). The molecule has 0 aromatic heterocycles. The van der Waals surface area contributed by atoms with Crippen LogP contribution in [0, 0.1) is 0 Å². The molecule has 0 saturated heterocycles. The van der Waals surface area contributed by atoms with Crippen LogP contribution in [0.5, 0.6) is 0 Å². The van der Waals surface area contributed by atoms with Crippen LogP contribution in [0.25, 0.3) is 0 Å². The van der Waals surface area contributed by atoms with Gasteiger partial charge in [0, 0.05) is 39.8 Å². The minimum atomic E-state index is 0. The molecule has 0 unspecified atom stereocenters. The predicted molar refractivity (Wildman–Crippen MR) is 120 cm³/mol. The quantitative estimate of drug-likeness (QED) is 0.263. The highest BCUT2D eigenvalue weighted by Crippen LogP contribution is 2.23. The summed E-state index contributed by atoms with van der Waals surface area (Å²) in [5.41, 5.74) is 2.73. The summed E-state index contributed by atoms with van der Waals surface area (Å²) in [6.45, 7) is 3.21. The fourth-order valence-corrected chi connectivity index (χ4v) is 3.47. The van der Waals surface area contributed by atoms with Crippen LogP contribution >= 0.6 is 24.0 Å². The molecule has 0 aliphatic heterocycles. The minimum absolute atomic E-state index is 0. The van der Waals surface area contributed by atoms with Crippen molar-refractivity contribution in [3.8, 4) is 0 Å². The lowest BCUT2D eigenvalue weighted by molar-refractivity contribution is 0.184. The highest BCUT2D eigenvalue weighted by molar-refractivity contribution is 14.0. The van der Waals surface area contributed by atoms with Crippen LogP contribution in [0.3, 0.4) is 0 Å². The Labute approximate surface area is 176 Å². The molecular formula is C20H35IN4O. The zero-order chi connectivity index (χ0) is 17.9. The maximum Gasteiger partial charge on any atom is 0.191 e. The summed E-state index contributed by atoms with van der Waals surface area (Å²) in [4.78, 5) is 6.80. The van der Waals surface area contributed by atoms with Gasteiger partial charge in [-0.05, 0) is 31.0 Å². The summed E-state index contributed by atoms with van der Waals surface area (Å²) in [6, 6.07) is 9.44. The van der Waals surface area contributed by atoms with Gasteiger partial charge < -0.3 is 15.4 Å². The number of hydrogen-bond donors (Lipinski definition) is 2. The monoisotopic (exact) mass is 474 g/mol. The first-order chi connectivity index (χ1) is 12.2. The van der Waals surface area contributed by atoms with Gasteiger partial charge in [0.1, 0.15) is 0 Å². The van der Waals surface area contributed by atoms with E-state index in [-0.39, 0.29) is 24.0 Å². The SMILES string of the molecule is CN=C(NCCOC)NCc1ccccc1CN(C)C1CCCCC1.I. The second-order valence-corrected chi connectivity index (χ2v) is 6.82. The second-order valence-electron chi connectivity index (χ2n) is 6.82. The van der Waals surface area contributed by atoms with Gasteiger partial charge in [-0.15, -0.1) is 24.0 Å². The van der Waals surface area contributed by atoms with E-state index < -0.39 is 0 Å². The molecule has 1 aliphatic rings. The Morgan fingerprint density at radius 2 is 1.85 bits per heavy atom. The van der Waals surface area contributed by atoms with E-state index in [1.165, 1.54) is 43.2 Å². The molecule has 0 bridgehead atoms. The maximum atomic E-state index is 5.07. The Bertz CT molecular complexity index is 532. The van der Waals surface area contributed by atoms with E-state index in [4.69, 9.17) is 4.74 Å². The van der Waals surface area contributed by atoms with Crippen molar-refractivity contribution in [3.63, 3.8) is 0 Å². The molecule has 0 atom stereocenters. The number of guanidine groups is 1. The molecule has 1 aromatic rings. The number of methoxy groups -OCH3 is 1. The van der Waals surface area contributed by atoms with Crippen molar-refractivity contribution in [3.05, 3.63) is 35.4 Å². The molecule has 0 radical (unpaired) electrons. The highest BCUT2D eigenvalue weighted by atomic mass is 127. The normalized spacial score (nSPS) is 15.6. The van der Waals surface area contributed by atoms with Crippen LogP contribution in [-0.2, 0) is 17.8 Å². The average Bonchev–Trinajstić information content (AvgIpc) is 2.66. The first kappa shape index (κ1) is 23.2. The molecule has 0 amide bonds. The standard InChI is InChI=1S/C20H34N4O.HI/c1-21-20(22-13-14-25-3)23-15-17-9-7-8-10-18(17)16-24(2)19-11-5-4-6-12-19;/h7-10,19H,4-6,11-16H2,1-3H3,(H2,21,22,23);1H. The van der Waals surface area contributed by atoms with Crippen LogP contribution in [-0.4, -0.2) is 51.3 Å². The lowest BCUT2D eigenvalue weighted by Gasteiger charge is -2.31. The Hall–Kier alpha value is -0.860. The Morgan fingerprint density at radius 1 is 1.15 bits per heavy atom. The third-order valence-electron chi connectivity index (χ3n) is 5.00. The van der Waals surface area contributed by atoms with E-state index in [9.17, 15) is 0 Å². The molecule has 1 aliphatic carbocycles. The van der Waals surface area contributed by atoms with E-state index in [1.54, 1.807) is 14.2 Å². The van der Waals surface area contributed by atoms with Crippen LogP contribution in [0.2, 0.25) is 0 Å². The maximum absolute atomic E-state index is 5.07. The van der Waals surface area contributed by atoms with Gasteiger partial charge in [-0.3, -0.25) is 9.89 Å². The summed E-state index contributed by atoms with van der Waals surface area (Å²) in [6.07, 6.45) is 6.84. The Morgan fingerprint density at radius 3 is 2.50 bits per heavy atom. The zero-order valence-corrected chi connectivity index (χ0v) is 18.8. The van der Waals surface area contributed by atoms with Gasteiger partial charge in [-0.1, -0.05) is 43.5 Å². The minimum Gasteiger partial charge on any atom is -0.383 e. The van der Waals surface area contributed by atoms with Crippen LogP contribution < -0.4 is 10.6 Å². The summed E-state index contributed by atoms with van der Waals surface area (Å²) in [5, 5.41) is 6.66. The van der Waals surface area contributed by atoms with Gasteiger partial charge in [0.05, 0.1) is 6.61 Å². The number of nitrogens with zero attached hydrogens (tertiary/aromatic N) is 2. The van der Waals surface area contributed by atoms with Crippen molar-refractivity contribution >= 4 is 29.9 Å². The lowest BCUT2D eigenvalue weighted by atomic mass is 9.94. The summed E-state index contributed by atoms with van der Waals surface area (Å²) >= 11 is 0. The second kappa shape index (κ2) is 13.3. The van der Waals surface area contributed by atoms with Gasteiger partial charge in [0.25, 0.3) is 0 Å². The number of rotatable bonds is 8. The molecule has 5 nitrogen and oxygen atoms in total. The van der Waals surface area contributed by atoms with Gasteiger partial charge in [0.15, 0.2) is 5.96 Å². The molecule has 1 saturated carbocycles. The number of ether oxygens (including phenoxy) is 1. The smallest absolute Gasteiger partial charge is 0.191 e. The number of halogens is 1. The molecule has 0 spiro atoms. The molecule has 2 N–H and O–H groups in total. The van der Waals surface area contributed by atoms with Gasteiger partial charge in [-0.25, -0.2) is 0 Å². The van der Waals surface area contributed by atoms with Crippen molar-refractivity contribution in [1.29, 1.82) is 0 Å². The first-order valence-electron chi connectivity index (χ1n) is 9.45. The van der Waals surface area contributed by atoms with Gasteiger partial charge in [0.2, 0.25) is 0 Å². The number of hydrogen-bond acceptors (Lipinski definition) is 3. The fourth-order valence-electron chi connectivity index (χ4n) is 3.47. The molecule has 1 aromatic carbocycles. The van der Waals surface area contributed by atoms with E-state index in [1.807, 2.05) is 0 Å². The fraction of sp³-hybridized carbons (Fsp3) is 0.650. The molecular weight excluding hydrogens is 439 g/mol. The molecule has 1 fully saturated rings. The predicted octanol–water partition coefficient (Wildman–Crippen LogP) is 3.38. The third-order valence-corrected chi connectivity index (χ3v) is 5.00. The first-order valence-corrected chi connectivity index (χ1v) is 9.45. The summed E-state index contributed by atoms with van der Waals surface area (Å²) < 4.78 is 5.07. The summed E-state index contributed by atoms with van der Waals surface area (Å²) in [5.74, 6) is 0.812. The lowest BCUT2D eigenvalue weighted by Crippen LogP contribution is -2.38. The van der Waals surface area contributed by atoms with Crippen LogP contribution in [0.4, 0.5) is 0 Å². The summed E-state index contributed by atoms with van der Waals surface area (Å²) in [7, 11) is 5.77. The molecule has 148 valence electrons. The Kier molecular flexibility index (Phi) is 11.9. The molecule has 0 heterocycles. The highest BCUT2D eigenvalue weighted by Gasteiger charge is 2.18. The van der Waals surface area contributed by atoms with Gasteiger partial charge >= 0.3 is 0 Å². The van der Waals surface area contributed by atoms with Crippen molar-refractivity contribution < 1.29 is 4.74 Å². The number of nitrogens with one attached hydrogen (secondary N) is 2. The van der Waals surface area contributed by atoms with Crippen LogP contribution in [0.1, 0.15) is 43.2 Å².